The molecule has 2 heterocycles. The zero-order chi connectivity index (χ0) is 18.0. The van der Waals surface area contributed by atoms with Crippen LogP contribution < -0.4 is 0 Å². The average molecular weight is 355 g/mol. The fraction of sp³-hybridized carbons (Fsp3) is 0.316. The molecule has 3 aromatic rings. The molecule has 6 heteroatoms. The number of fused-ring (bicyclic) bond motifs is 1. The molecule has 0 fully saturated rings. The lowest BCUT2D eigenvalue weighted by molar-refractivity contribution is -0.129. The lowest BCUT2D eigenvalue weighted by Gasteiger charge is -2.23. The Morgan fingerprint density at radius 1 is 1.20 bits per heavy atom. The van der Waals surface area contributed by atoms with Crippen molar-refractivity contribution in [1.29, 1.82) is 0 Å². The first-order valence-corrected chi connectivity index (χ1v) is 9.12. The van der Waals surface area contributed by atoms with Gasteiger partial charge < -0.3 is 9.32 Å². The van der Waals surface area contributed by atoms with Gasteiger partial charge in [-0.15, -0.1) is 0 Å². The summed E-state index contributed by atoms with van der Waals surface area (Å²) in [5.74, 6) is 1.09. The van der Waals surface area contributed by atoms with Crippen molar-refractivity contribution < 1.29 is 9.21 Å². The first-order valence-electron chi connectivity index (χ1n) is 8.13. The van der Waals surface area contributed by atoms with Gasteiger partial charge in [-0.05, 0) is 39.0 Å². The number of carbonyl (C=O) groups excluding carboxylic acids is 1. The van der Waals surface area contributed by atoms with Crippen LogP contribution >= 0.6 is 11.8 Å². The Labute approximate surface area is 151 Å². The van der Waals surface area contributed by atoms with Gasteiger partial charge in [0.25, 0.3) is 0 Å². The minimum absolute atomic E-state index is 0.0146. The molecule has 0 radical (unpaired) electrons. The maximum absolute atomic E-state index is 12.5. The molecule has 130 valence electrons. The van der Waals surface area contributed by atoms with Crippen molar-refractivity contribution in [3.05, 3.63) is 53.5 Å². The molecule has 2 aromatic heterocycles. The Hall–Kier alpha value is -2.34. The first kappa shape index (κ1) is 17.5. The van der Waals surface area contributed by atoms with Crippen LogP contribution in [-0.4, -0.2) is 33.6 Å². The SMILES string of the molecule is Cc1cc(C)nc(SCC(=O)N(C)C(C)c2cc3ccccc3o2)n1. The van der Waals surface area contributed by atoms with Crippen molar-refractivity contribution >= 4 is 28.6 Å². The summed E-state index contributed by atoms with van der Waals surface area (Å²) in [6.45, 7) is 5.82. The molecule has 0 bridgehead atoms. The Bertz CT molecular complexity index is 853. The van der Waals surface area contributed by atoms with Crippen LogP contribution in [0, 0.1) is 13.8 Å². The number of nitrogens with zero attached hydrogens (tertiary/aromatic N) is 3. The van der Waals surface area contributed by atoms with Gasteiger partial charge in [0.1, 0.15) is 11.3 Å². The smallest absolute Gasteiger partial charge is 0.233 e. The highest BCUT2D eigenvalue weighted by Crippen LogP contribution is 2.27. The summed E-state index contributed by atoms with van der Waals surface area (Å²) < 4.78 is 5.87. The van der Waals surface area contributed by atoms with Crippen molar-refractivity contribution in [3.8, 4) is 0 Å². The second-order valence-corrected chi connectivity index (χ2v) is 7.03. The Kier molecular flexibility index (Phi) is 5.08. The molecular weight excluding hydrogens is 334 g/mol. The highest BCUT2D eigenvalue weighted by atomic mass is 32.2. The second-order valence-electron chi connectivity index (χ2n) is 6.09. The maximum Gasteiger partial charge on any atom is 0.233 e. The largest absolute Gasteiger partial charge is 0.459 e. The lowest BCUT2D eigenvalue weighted by Crippen LogP contribution is -2.30. The van der Waals surface area contributed by atoms with E-state index in [-0.39, 0.29) is 11.9 Å². The van der Waals surface area contributed by atoms with E-state index in [9.17, 15) is 4.79 Å². The van der Waals surface area contributed by atoms with Crippen LogP contribution in [0.4, 0.5) is 0 Å². The molecule has 0 N–H and O–H groups in total. The number of carbonyl (C=O) groups is 1. The molecule has 1 unspecified atom stereocenters. The minimum atomic E-state index is -0.138. The highest BCUT2D eigenvalue weighted by Gasteiger charge is 2.21. The number of aryl methyl sites for hydroxylation is 2. The van der Waals surface area contributed by atoms with Gasteiger partial charge in [-0.1, -0.05) is 30.0 Å². The number of furan rings is 1. The quantitative estimate of drug-likeness (QED) is 0.508. The van der Waals surface area contributed by atoms with Gasteiger partial charge in [-0.3, -0.25) is 4.79 Å². The molecule has 0 saturated carbocycles. The number of hydrogen-bond donors (Lipinski definition) is 0. The number of hydrogen-bond acceptors (Lipinski definition) is 5. The third kappa shape index (κ3) is 4.02. The minimum Gasteiger partial charge on any atom is -0.459 e. The van der Waals surface area contributed by atoms with E-state index in [2.05, 4.69) is 9.97 Å². The second kappa shape index (κ2) is 7.27. The lowest BCUT2D eigenvalue weighted by atomic mass is 10.2. The molecular formula is C19H21N3O2S. The monoisotopic (exact) mass is 355 g/mol. The number of amides is 1. The van der Waals surface area contributed by atoms with Crippen LogP contribution in [0.1, 0.15) is 30.1 Å². The zero-order valence-corrected chi connectivity index (χ0v) is 15.6. The van der Waals surface area contributed by atoms with Gasteiger partial charge in [0.05, 0.1) is 11.8 Å². The summed E-state index contributed by atoms with van der Waals surface area (Å²) >= 11 is 1.36. The Morgan fingerprint density at radius 3 is 2.56 bits per heavy atom. The summed E-state index contributed by atoms with van der Waals surface area (Å²) in [4.78, 5) is 22.9. The Morgan fingerprint density at radius 2 is 1.88 bits per heavy atom. The van der Waals surface area contributed by atoms with E-state index in [1.54, 1.807) is 11.9 Å². The normalized spacial score (nSPS) is 12.3. The van der Waals surface area contributed by atoms with E-state index in [0.717, 1.165) is 28.1 Å². The summed E-state index contributed by atoms with van der Waals surface area (Å²) in [5, 5.41) is 1.68. The number of para-hydroxylation sites is 1. The van der Waals surface area contributed by atoms with E-state index >= 15 is 0 Å². The van der Waals surface area contributed by atoms with Crippen LogP contribution in [0.25, 0.3) is 11.0 Å². The van der Waals surface area contributed by atoms with Crippen LogP contribution in [0.2, 0.25) is 0 Å². The number of rotatable bonds is 5. The molecule has 25 heavy (non-hydrogen) atoms. The predicted molar refractivity (Wildman–Crippen MR) is 99.6 cm³/mol. The summed E-state index contributed by atoms with van der Waals surface area (Å²) in [6, 6.07) is 11.6. The Balaban J connectivity index is 1.66. The van der Waals surface area contributed by atoms with Crippen molar-refractivity contribution in [2.24, 2.45) is 0 Å². The van der Waals surface area contributed by atoms with Crippen molar-refractivity contribution in [3.63, 3.8) is 0 Å². The maximum atomic E-state index is 12.5. The summed E-state index contributed by atoms with van der Waals surface area (Å²) in [6.07, 6.45) is 0. The molecule has 1 aromatic carbocycles. The predicted octanol–water partition coefficient (Wildman–Crippen LogP) is 4.15. The number of thioether (sulfide) groups is 1. The van der Waals surface area contributed by atoms with Crippen LogP contribution in [0.5, 0.6) is 0 Å². The van der Waals surface area contributed by atoms with Gasteiger partial charge in [0, 0.05) is 23.8 Å². The van der Waals surface area contributed by atoms with Crippen LogP contribution in [0.15, 0.2) is 46.0 Å². The van der Waals surface area contributed by atoms with E-state index in [0.29, 0.717) is 10.9 Å². The van der Waals surface area contributed by atoms with E-state index in [1.807, 2.05) is 57.2 Å². The molecule has 1 amide bonds. The highest BCUT2D eigenvalue weighted by molar-refractivity contribution is 7.99. The number of aromatic nitrogens is 2. The van der Waals surface area contributed by atoms with E-state index < -0.39 is 0 Å². The van der Waals surface area contributed by atoms with Crippen molar-refractivity contribution in [1.82, 2.24) is 14.9 Å². The van der Waals surface area contributed by atoms with Crippen LogP contribution in [0.3, 0.4) is 0 Å². The van der Waals surface area contributed by atoms with Gasteiger partial charge >= 0.3 is 0 Å². The van der Waals surface area contributed by atoms with E-state index in [4.69, 9.17) is 4.42 Å². The fourth-order valence-corrected chi connectivity index (χ4v) is 3.47. The zero-order valence-electron chi connectivity index (χ0n) is 14.8. The molecule has 1 atom stereocenters. The fourth-order valence-electron chi connectivity index (χ4n) is 2.60. The molecule has 0 saturated heterocycles. The van der Waals surface area contributed by atoms with Crippen molar-refractivity contribution in [2.45, 2.75) is 32.0 Å². The molecule has 3 rings (SSSR count). The molecule has 0 spiro atoms. The van der Waals surface area contributed by atoms with Gasteiger partial charge in [0.2, 0.25) is 5.91 Å². The summed E-state index contributed by atoms with van der Waals surface area (Å²) in [5.41, 5.74) is 2.65. The third-order valence-electron chi connectivity index (χ3n) is 4.12. The van der Waals surface area contributed by atoms with Crippen LogP contribution in [-0.2, 0) is 4.79 Å². The van der Waals surface area contributed by atoms with Crippen molar-refractivity contribution in [2.75, 3.05) is 12.8 Å². The average Bonchev–Trinajstić information content (AvgIpc) is 3.01. The van der Waals surface area contributed by atoms with Gasteiger partial charge in [0.15, 0.2) is 5.16 Å². The molecule has 5 nitrogen and oxygen atoms in total. The number of benzene rings is 1. The van der Waals surface area contributed by atoms with E-state index in [1.165, 1.54) is 11.8 Å². The standard InChI is InChI=1S/C19H21N3O2S/c1-12-9-13(2)21-19(20-12)25-11-18(23)22(4)14(3)17-10-15-7-5-6-8-16(15)24-17/h5-10,14H,11H2,1-4H3. The molecule has 0 aliphatic heterocycles. The first-order chi connectivity index (χ1) is 11.9. The molecule has 0 aliphatic rings. The van der Waals surface area contributed by atoms with Gasteiger partial charge in [-0.2, -0.15) is 0 Å². The van der Waals surface area contributed by atoms with Gasteiger partial charge in [-0.25, -0.2) is 9.97 Å². The summed E-state index contributed by atoms with van der Waals surface area (Å²) in [7, 11) is 1.79. The topological polar surface area (TPSA) is 59.2 Å². The third-order valence-corrected chi connectivity index (χ3v) is 4.95. The molecule has 0 aliphatic carbocycles.